The third kappa shape index (κ3) is 4.14. The molecule has 3 fully saturated rings. The maximum Gasteiger partial charge on any atom is 0.293 e. The number of imide groups is 1. The Hall–Kier alpha value is -2.15. The van der Waals surface area contributed by atoms with Crippen molar-refractivity contribution >= 4 is 34.9 Å². The van der Waals surface area contributed by atoms with E-state index in [-0.39, 0.29) is 36.0 Å². The van der Waals surface area contributed by atoms with Gasteiger partial charge in [0.2, 0.25) is 5.91 Å². The lowest BCUT2D eigenvalue weighted by atomic mass is 9.86. The predicted molar refractivity (Wildman–Crippen MR) is 106 cm³/mol. The molecule has 28 heavy (non-hydrogen) atoms. The quantitative estimate of drug-likeness (QED) is 0.735. The lowest BCUT2D eigenvalue weighted by Gasteiger charge is -2.21. The number of hydrogen-bond donors (Lipinski definition) is 1. The number of nitrogens with zero attached hydrogens (tertiary/aromatic N) is 1. The van der Waals surface area contributed by atoms with Gasteiger partial charge in [0.05, 0.1) is 4.91 Å². The first-order chi connectivity index (χ1) is 13.5. The van der Waals surface area contributed by atoms with Crippen molar-refractivity contribution in [2.75, 3.05) is 13.1 Å². The van der Waals surface area contributed by atoms with Crippen LogP contribution in [-0.4, -0.2) is 35.0 Å². The van der Waals surface area contributed by atoms with Crippen LogP contribution in [0.15, 0.2) is 29.2 Å². The van der Waals surface area contributed by atoms with E-state index in [4.69, 9.17) is 0 Å². The van der Waals surface area contributed by atoms with Gasteiger partial charge in [-0.2, -0.15) is 0 Å². The molecule has 1 saturated heterocycles. The summed E-state index contributed by atoms with van der Waals surface area (Å²) in [6.07, 6.45) is 7.13. The van der Waals surface area contributed by atoms with E-state index < -0.39 is 0 Å². The van der Waals surface area contributed by atoms with Crippen molar-refractivity contribution in [2.24, 2.45) is 17.8 Å². The number of thioether (sulfide) groups is 1. The van der Waals surface area contributed by atoms with Crippen molar-refractivity contribution in [3.8, 4) is 0 Å². The van der Waals surface area contributed by atoms with Crippen LogP contribution >= 0.6 is 11.8 Å². The monoisotopic (exact) mass is 402 g/mol. The average molecular weight is 402 g/mol. The van der Waals surface area contributed by atoms with Gasteiger partial charge in [-0.25, -0.2) is 4.39 Å². The van der Waals surface area contributed by atoms with Crippen LogP contribution in [-0.2, 0) is 9.59 Å². The third-order valence-corrected chi connectivity index (χ3v) is 6.94. The van der Waals surface area contributed by atoms with Crippen LogP contribution in [0.3, 0.4) is 0 Å². The SMILES string of the molecule is O=C(C[C@H]1C[C@@H]2CC[C@H]1C2)NCCN1C(=O)S/C(=C/c2ccc(F)cc2)C1=O. The van der Waals surface area contributed by atoms with Gasteiger partial charge in [0, 0.05) is 19.5 Å². The molecule has 2 bridgehead atoms. The first-order valence-corrected chi connectivity index (χ1v) is 10.6. The van der Waals surface area contributed by atoms with Crippen LogP contribution in [0, 0.1) is 23.6 Å². The fourth-order valence-electron chi connectivity index (χ4n) is 4.65. The summed E-state index contributed by atoms with van der Waals surface area (Å²) in [5.41, 5.74) is 0.658. The highest BCUT2D eigenvalue weighted by atomic mass is 32.2. The van der Waals surface area contributed by atoms with E-state index in [1.54, 1.807) is 18.2 Å². The van der Waals surface area contributed by atoms with Crippen molar-refractivity contribution in [1.82, 2.24) is 10.2 Å². The highest BCUT2D eigenvalue weighted by Gasteiger charge is 2.40. The van der Waals surface area contributed by atoms with E-state index in [2.05, 4.69) is 5.32 Å². The predicted octanol–water partition coefficient (Wildman–Crippen LogP) is 3.80. The van der Waals surface area contributed by atoms with Crippen LogP contribution in [0.2, 0.25) is 0 Å². The maximum absolute atomic E-state index is 13.0. The number of carbonyl (C=O) groups is 3. The average Bonchev–Trinajstić information content (AvgIpc) is 3.35. The summed E-state index contributed by atoms with van der Waals surface area (Å²) in [6, 6.07) is 5.72. The van der Waals surface area contributed by atoms with Gasteiger partial charge in [0.25, 0.3) is 11.1 Å². The van der Waals surface area contributed by atoms with Gasteiger partial charge >= 0.3 is 0 Å². The summed E-state index contributed by atoms with van der Waals surface area (Å²) in [5.74, 6) is 1.29. The van der Waals surface area contributed by atoms with E-state index >= 15 is 0 Å². The van der Waals surface area contributed by atoms with Gasteiger partial charge in [-0.3, -0.25) is 19.3 Å². The first kappa shape index (κ1) is 19.2. The molecule has 0 aromatic heterocycles. The molecule has 2 aliphatic carbocycles. The second-order valence-corrected chi connectivity index (χ2v) is 8.87. The number of amides is 3. The van der Waals surface area contributed by atoms with Gasteiger partial charge in [0.15, 0.2) is 0 Å². The summed E-state index contributed by atoms with van der Waals surface area (Å²) < 4.78 is 13.0. The number of fused-ring (bicyclic) bond motifs is 2. The van der Waals surface area contributed by atoms with E-state index in [9.17, 15) is 18.8 Å². The Balaban J connectivity index is 1.26. The molecule has 1 aliphatic heterocycles. The molecule has 3 amide bonds. The molecule has 0 radical (unpaired) electrons. The van der Waals surface area contributed by atoms with E-state index in [1.165, 1.54) is 31.4 Å². The third-order valence-electron chi connectivity index (χ3n) is 6.03. The zero-order valence-electron chi connectivity index (χ0n) is 15.5. The summed E-state index contributed by atoms with van der Waals surface area (Å²) >= 11 is 0.866. The number of nitrogens with one attached hydrogen (secondary N) is 1. The molecule has 0 unspecified atom stereocenters. The first-order valence-electron chi connectivity index (χ1n) is 9.77. The van der Waals surface area contributed by atoms with Crippen molar-refractivity contribution in [2.45, 2.75) is 32.1 Å². The van der Waals surface area contributed by atoms with Gasteiger partial charge < -0.3 is 5.32 Å². The zero-order valence-corrected chi connectivity index (χ0v) is 16.3. The molecule has 5 nitrogen and oxygen atoms in total. The number of halogens is 1. The van der Waals surface area contributed by atoms with E-state index in [0.29, 0.717) is 28.7 Å². The van der Waals surface area contributed by atoms with Crippen molar-refractivity contribution in [3.63, 3.8) is 0 Å². The smallest absolute Gasteiger partial charge is 0.293 e. The minimum Gasteiger partial charge on any atom is -0.354 e. The van der Waals surface area contributed by atoms with Gasteiger partial charge in [0.1, 0.15) is 5.82 Å². The summed E-state index contributed by atoms with van der Waals surface area (Å²) in [5, 5.41) is 2.51. The fraction of sp³-hybridized carbons (Fsp3) is 0.476. The normalized spacial score (nSPS) is 27.8. The van der Waals surface area contributed by atoms with Crippen LogP contribution in [0.25, 0.3) is 6.08 Å². The van der Waals surface area contributed by atoms with Gasteiger partial charge in [-0.15, -0.1) is 0 Å². The maximum atomic E-state index is 13.0. The van der Waals surface area contributed by atoms with Crippen LogP contribution in [0.4, 0.5) is 9.18 Å². The molecule has 1 aromatic rings. The number of hydrogen-bond acceptors (Lipinski definition) is 4. The highest BCUT2D eigenvalue weighted by Crippen LogP contribution is 2.49. The van der Waals surface area contributed by atoms with Crippen LogP contribution < -0.4 is 5.32 Å². The van der Waals surface area contributed by atoms with Crippen molar-refractivity contribution < 1.29 is 18.8 Å². The van der Waals surface area contributed by atoms with Crippen LogP contribution in [0.5, 0.6) is 0 Å². The molecule has 1 aromatic carbocycles. The Morgan fingerprint density at radius 1 is 1.21 bits per heavy atom. The largest absolute Gasteiger partial charge is 0.354 e. The molecule has 7 heteroatoms. The fourth-order valence-corrected chi connectivity index (χ4v) is 5.51. The molecular weight excluding hydrogens is 379 g/mol. The topological polar surface area (TPSA) is 66.5 Å². The number of carbonyl (C=O) groups excluding carboxylic acids is 3. The van der Waals surface area contributed by atoms with Crippen molar-refractivity contribution in [1.29, 1.82) is 0 Å². The second-order valence-electron chi connectivity index (χ2n) is 7.87. The molecule has 148 valence electrons. The minimum absolute atomic E-state index is 0.00590. The number of rotatable bonds is 6. The van der Waals surface area contributed by atoms with Gasteiger partial charge in [-0.1, -0.05) is 18.6 Å². The van der Waals surface area contributed by atoms with E-state index in [0.717, 1.165) is 29.0 Å². The highest BCUT2D eigenvalue weighted by molar-refractivity contribution is 8.18. The summed E-state index contributed by atoms with van der Waals surface area (Å²) in [6.45, 7) is 0.426. The minimum atomic E-state index is -0.373. The molecule has 3 aliphatic rings. The second kappa shape index (κ2) is 8.07. The lowest BCUT2D eigenvalue weighted by Crippen LogP contribution is -2.38. The Labute approximate surface area is 167 Å². The molecule has 1 heterocycles. The number of benzene rings is 1. The summed E-state index contributed by atoms with van der Waals surface area (Å²) in [4.78, 5) is 38.3. The standard InChI is InChI=1S/C21H23FN2O3S/c22-17-5-2-13(3-6-17)11-18-20(26)24(21(27)28-18)8-7-23-19(25)12-16-10-14-1-4-15(16)9-14/h2-3,5-6,11,14-16H,1,4,7-10,12H2,(H,23,25)/b18-11+/t14-,15+,16-/m1/s1. The van der Waals surface area contributed by atoms with Gasteiger partial charge in [-0.05, 0) is 72.6 Å². The molecular formula is C21H23FN2O3S. The van der Waals surface area contributed by atoms with E-state index in [1.807, 2.05) is 0 Å². The van der Waals surface area contributed by atoms with Crippen molar-refractivity contribution in [3.05, 3.63) is 40.6 Å². The Morgan fingerprint density at radius 3 is 2.68 bits per heavy atom. The Bertz CT molecular complexity index is 823. The zero-order chi connectivity index (χ0) is 19.7. The lowest BCUT2D eigenvalue weighted by molar-refractivity contribution is -0.124. The molecule has 3 atom stereocenters. The molecule has 2 saturated carbocycles. The molecule has 1 N–H and O–H groups in total. The Kier molecular flexibility index (Phi) is 5.53. The molecule has 4 rings (SSSR count). The Morgan fingerprint density at radius 2 is 2.00 bits per heavy atom. The molecule has 0 spiro atoms. The summed E-state index contributed by atoms with van der Waals surface area (Å²) in [7, 11) is 0. The van der Waals surface area contributed by atoms with Crippen LogP contribution in [0.1, 0.15) is 37.7 Å².